The number of hydrogen-bond acceptors (Lipinski definition) is 2. The summed E-state index contributed by atoms with van der Waals surface area (Å²) in [7, 11) is 0. The second-order valence-corrected chi connectivity index (χ2v) is 4.87. The van der Waals surface area contributed by atoms with Crippen LogP contribution in [0.3, 0.4) is 0 Å². The van der Waals surface area contributed by atoms with Gasteiger partial charge >= 0.3 is 12.3 Å². The van der Waals surface area contributed by atoms with E-state index in [1.54, 1.807) is 0 Å². The molecule has 1 aromatic carbocycles. The number of carbonyl (C=O) groups is 1. The fourth-order valence-electron chi connectivity index (χ4n) is 1.72. The molecule has 0 saturated heterocycles. The normalized spacial score (nSPS) is 13.9. The highest BCUT2D eigenvalue weighted by atomic mass is 19.4. The van der Waals surface area contributed by atoms with Gasteiger partial charge in [-0.1, -0.05) is 6.07 Å². The lowest BCUT2D eigenvalue weighted by molar-refractivity contribution is -0.140. The monoisotopic (exact) mass is 294 g/mol. The summed E-state index contributed by atoms with van der Waals surface area (Å²) in [4.78, 5) is 10.6. The average Bonchev–Trinajstić information content (AvgIpc) is 2.24. The predicted molar refractivity (Wildman–Crippen MR) is 63.6 cm³/mol. The Balaban J connectivity index is 3.10. The van der Waals surface area contributed by atoms with E-state index in [1.807, 2.05) is 0 Å². The minimum atomic E-state index is -4.79. The van der Waals surface area contributed by atoms with E-state index in [0.29, 0.717) is 12.1 Å². The molecule has 0 bridgehead atoms. The third kappa shape index (κ3) is 3.60. The molecular formula is C12H14F4N2O2. The van der Waals surface area contributed by atoms with Crippen LogP contribution < -0.4 is 11.1 Å². The maximum Gasteiger partial charge on any atom is 0.419 e. The number of carboxylic acid groups (broad SMARTS) is 1. The van der Waals surface area contributed by atoms with Crippen molar-refractivity contribution in [2.24, 2.45) is 5.73 Å². The Morgan fingerprint density at radius 1 is 1.35 bits per heavy atom. The number of alkyl halides is 3. The molecule has 0 radical (unpaired) electrons. The first-order chi connectivity index (χ1) is 8.95. The van der Waals surface area contributed by atoms with Crippen molar-refractivity contribution in [3.8, 4) is 0 Å². The van der Waals surface area contributed by atoms with Crippen LogP contribution in [0.4, 0.5) is 22.4 Å². The summed E-state index contributed by atoms with van der Waals surface area (Å²) in [6, 6.07) is 1.28. The van der Waals surface area contributed by atoms with Crippen molar-refractivity contribution in [1.29, 1.82) is 0 Å². The predicted octanol–water partition coefficient (Wildman–Crippen LogP) is 2.89. The Morgan fingerprint density at radius 2 is 1.90 bits per heavy atom. The number of amides is 1. The summed E-state index contributed by atoms with van der Waals surface area (Å²) in [6.45, 7) is 2.89. The van der Waals surface area contributed by atoms with E-state index in [9.17, 15) is 22.4 Å². The first-order valence-corrected chi connectivity index (χ1v) is 5.58. The summed E-state index contributed by atoms with van der Waals surface area (Å²) in [5.74, 6) is -1.45. The lowest BCUT2D eigenvalue weighted by Gasteiger charge is -2.31. The van der Waals surface area contributed by atoms with Crippen molar-refractivity contribution in [2.45, 2.75) is 31.6 Å². The summed E-state index contributed by atoms with van der Waals surface area (Å²) in [5, 5.41) is 10.8. The molecule has 1 unspecified atom stereocenters. The number of rotatable bonds is 3. The maximum absolute atomic E-state index is 13.4. The summed E-state index contributed by atoms with van der Waals surface area (Å²) >= 11 is 0. The minimum absolute atomic E-state index is 0.0641. The van der Waals surface area contributed by atoms with E-state index in [2.05, 4.69) is 5.32 Å². The molecular weight excluding hydrogens is 280 g/mol. The van der Waals surface area contributed by atoms with Crippen molar-refractivity contribution in [3.05, 3.63) is 35.1 Å². The van der Waals surface area contributed by atoms with Gasteiger partial charge in [0, 0.05) is 0 Å². The van der Waals surface area contributed by atoms with Crippen LogP contribution in [0, 0.1) is 5.82 Å². The molecule has 4 nitrogen and oxygen atoms in total. The Labute approximate surface area is 112 Å². The van der Waals surface area contributed by atoms with Crippen molar-refractivity contribution in [2.75, 3.05) is 0 Å². The molecule has 1 aromatic rings. The fraction of sp³-hybridized carbons (Fsp3) is 0.417. The van der Waals surface area contributed by atoms with E-state index in [4.69, 9.17) is 10.8 Å². The molecule has 20 heavy (non-hydrogen) atoms. The Kier molecular flexibility index (Phi) is 4.28. The lowest BCUT2D eigenvalue weighted by atomic mass is 9.89. The molecule has 1 amide bonds. The molecule has 4 N–H and O–H groups in total. The zero-order valence-electron chi connectivity index (χ0n) is 10.8. The van der Waals surface area contributed by atoms with Crippen LogP contribution in [-0.2, 0) is 6.18 Å². The molecule has 0 aliphatic carbocycles. The van der Waals surface area contributed by atoms with Crippen LogP contribution in [0.5, 0.6) is 0 Å². The summed E-state index contributed by atoms with van der Waals surface area (Å²) in [6.07, 6.45) is -6.13. The van der Waals surface area contributed by atoms with Crippen LogP contribution >= 0.6 is 0 Å². The van der Waals surface area contributed by atoms with Gasteiger partial charge in [-0.2, -0.15) is 13.2 Å². The van der Waals surface area contributed by atoms with E-state index in [0.717, 1.165) is 6.07 Å². The minimum Gasteiger partial charge on any atom is -0.465 e. The van der Waals surface area contributed by atoms with Crippen molar-refractivity contribution >= 4 is 6.09 Å². The SMILES string of the molecule is CC(C)(NC(=O)O)C(N)c1ccc(C(F)(F)F)c(F)c1. The molecule has 0 aromatic heterocycles. The molecule has 0 spiro atoms. The largest absolute Gasteiger partial charge is 0.465 e. The van der Waals surface area contributed by atoms with Gasteiger partial charge in [0.1, 0.15) is 5.82 Å². The number of halogens is 4. The molecule has 0 fully saturated rings. The van der Waals surface area contributed by atoms with E-state index >= 15 is 0 Å². The molecule has 0 aliphatic heterocycles. The highest BCUT2D eigenvalue weighted by molar-refractivity contribution is 5.65. The molecule has 1 rings (SSSR count). The average molecular weight is 294 g/mol. The highest BCUT2D eigenvalue weighted by Crippen LogP contribution is 2.33. The number of hydrogen-bond donors (Lipinski definition) is 3. The lowest BCUT2D eigenvalue weighted by Crippen LogP contribution is -2.50. The Bertz CT molecular complexity index is 515. The van der Waals surface area contributed by atoms with Gasteiger partial charge in [-0.25, -0.2) is 9.18 Å². The smallest absolute Gasteiger partial charge is 0.419 e. The van der Waals surface area contributed by atoms with Gasteiger partial charge in [0.15, 0.2) is 0 Å². The van der Waals surface area contributed by atoms with Crippen LogP contribution in [0.15, 0.2) is 18.2 Å². The van der Waals surface area contributed by atoms with Gasteiger partial charge in [0.25, 0.3) is 0 Å². The summed E-state index contributed by atoms with van der Waals surface area (Å²) < 4.78 is 50.7. The van der Waals surface area contributed by atoms with E-state index < -0.39 is 35.2 Å². The van der Waals surface area contributed by atoms with Crippen molar-refractivity contribution in [3.63, 3.8) is 0 Å². The topological polar surface area (TPSA) is 75.3 Å². The van der Waals surface area contributed by atoms with Gasteiger partial charge in [-0.3, -0.25) is 0 Å². The van der Waals surface area contributed by atoms with Crippen LogP contribution in [0.25, 0.3) is 0 Å². The highest BCUT2D eigenvalue weighted by Gasteiger charge is 2.35. The van der Waals surface area contributed by atoms with Crippen LogP contribution in [-0.4, -0.2) is 16.7 Å². The fourth-order valence-corrected chi connectivity index (χ4v) is 1.72. The molecule has 0 aliphatic rings. The number of nitrogens with two attached hydrogens (primary N) is 1. The van der Waals surface area contributed by atoms with Gasteiger partial charge in [-0.15, -0.1) is 0 Å². The Hall–Kier alpha value is -1.83. The van der Waals surface area contributed by atoms with E-state index in [-0.39, 0.29) is 5.56 Å². The zero-order valence-corrected chi connectivity index (χ0v) is 10.8. The molecule has 0 saturated carbocycles. The molecule has 1 atom stereocenters. The number of nitrogens with one attached hydrogen (secondary N) is 1. The van der Waals surface area contributed by atoms with Gasteiger partial charge < -0.3 is 16.2 Å². The summed E-state index contributed by atoms with van der Waals surface area (Å²) in [5.41, 5.74) is 3.28. The standard InChI is InChI=1S/C12H14F4N2O2/c1-11(2,18-10(19)20)9(17)6-3-4-7(8(13)5-6)12(14,15)16/h3-5,9,18H,17H2,1-2H3,(H,19,20). The first kappa shape index (κ1) is 16.2. The van der Waals surface area contributed by atoms with Crippen LogP contribution in [0.2, 0.25) is 0 Å². The van der Waals surface area contributed by atoms with Crippen molar-refractivity contribution < 1.29 is 27.5 Å². The second kappa shape index (κ2) is 5.28. The van der Waals surface area contributed by atoms with Crippen LogP contribution in [0.1, 0.15) is 31.0 Å². The van der Waals surface area contributed by atoms with Gasteiger partial charge in [-0.05, 0) is 31.5 Å². The Morgan fingerprint density at radius 3 is 2.30 bits per heavy atom. The van der Waals surface area contributed by atoms with E-state index in [1.165, 1.54) is 13.8 Å². The maximum atomic E-state index is 13.4. The second-order valence-electron chi connectivity index (χ2n) is 4.87. The molecule has 0 heterocycles. The van der Waals surface area contributed by atoms with Gasteiger partial charge in [0.2, 0.25) is 0 Å². The molecule has 112 valence electrons. The third-order valence-corrected chi connectivity index (χ3v) is 2.86. The number of benzene rings is 1. The quantitative estimate of drug-likeness (QED) is 0.750. The first-order valence-electron chi connectivity index (χ1n) is 5.58. The zero-order chi connectivity index (χ0) is 15.7. The molecule has 8 heteroatoms. The van der Waals surface area contributed by atoms with Gasteiger partial charge in [0.05, 0.1) is 17.1 Å². The van der Waals surface area contributed by atoms with Crippen molar-refractivity contribution in [1.82, 2.24) is 5.32 Å². The third-order valence-electron chi connectivity index (χ3n) is 2.86.